The maximum absolute atomic E-state index is 3.98. The van der Waals surface area contributed by atoms with Gasteiger partial charge in [0.2, 0.25) is 0 Å². The Bertz CT molecular complexity index is 222. The predicted molar refractivity (Wildman–Crippen MR) is 55.0 cm³/mol. The van der Waals surface area contributed by atoms with Crippen LogP contribution >= 0.6 is 0 Å². The predicted octanol–water partition coefficient (Wildman–Crippen LogP) is 2.62. The SMILES string of the molecule is C=C(C)/C=C\N=CNC(C)=CC. The van der Waals surface area contributed by atoms with Crippen molar-refractivity contribution in [2.45, 2.75) is 20.8 Å². The Morgan fingerprint density at radius 3 is 2.58 bits per heavy atom. The van der Waals surface area contributed by atoms with E-state index in [1.54, 1.807) is 12.5 Å². The minimum Gasteiger partial charge on any atom is -0.350 e. The van der Waals surface area contributed by atoms with Crippen LogP contribution in [0.1, 0.15) is 20.8 Å². The number of allylic oxidation sites excluding steroid dienone is 4. The van der Waals surface area contributed by atoms with Crippen LogP contribution in [0.25, 0.3) is 0 Å². The molecule has 0 aromatic carbocycles. The van der Waals surface area contributed by atoms with Crippen molar-refractivity contribution in [2.24, 2.45) is 4.99 Å². The molecule has 0 heterocycles. The molecule has 0 saturated heterocycles. The fraction of sp³-hybridized carbons (Fsp3) is 0.300. The standard InChI is InChI=1S/C10H16N2/c1-5-10(4)12-8-11-7-6-9(2)3/h5-8H,2H2,1,3-4H3,(H,11,12)/b7-6-,10-5?. The van der Waals surface area contributed by atoms with Crippen molar-refractivity contribution in [3.63, 3.8) is 0 Å². The van der Waals surface area contributed by atoms with E-state index in [4.69, 9.17) is 0 Å². The largest absolute Gasteiger partial charge is 0.350 e. The third kappa shape index (κ3) is 6.81. The van der Waals surface area contributed by atoms with Gasteiger partial charge in [-0.25, -0.2) is 4.99 Å². The molecule has 0 bridgehead atoms. The molecule has 0 amide bonds. The van der Waals surface area contributed by atoms with E-state index in [0.29, 0.717) is 0 Å². The van der Waals surface area contributed by atoms with Gasteiger partial charge in [-0.1, -0.05) is 18.2 Å². The molecule has 0 fully saturated rings. The van der Waals surface area contributed by atoms with Crippen LogP contribution < -0.4 is 5.32 Å². The molecule has 0 spiro atoms. The molecule has 0 radical (unpaired) electrons. The van der Waals surface area contributed by atoms with Gasteiger partial charge >= 0.3 is 0 Å². The zero-order valence-corrected chi connectivity index (χ0v) is 7.96. The second kappa shape index (κ2) is 6.40. The first kappa shape index (κ1) is 10.7. The van der Waals surface area contributed by atoms with Crippen LogP contribution in [-0.4, -0.2) is 6.34 Å². The molecule has 2 heteroatoms. The van der Waals surface area contributed by atoms with Gasteiger partial charge in [-0.05, 0) is 26.8 Å². The monoisotopic (exact) mass is 164 g/mol. The van der Waals surface area contributed by atoms with E-state index in [-0.39, 0.29) is 0 Å². The molecular weight excluding hydrogens is 148 g/mol. The van der Waals surface area contributed by atoms with Gasteiger partial charge in [-0.2, -0.15) is 0 Å². The van der Waals surface area contributed by atoms with Crippen LogP contribution in [0.5, 0.6) is 0 Å². The maximum Gasteiger partial charge on any atom is 0.0920 e. The van der Waals surface area contributed by atoms with Crippen molar-refractivity contribution in [2.75, 3.05) is 0 Å². The average Bonchev–Trinajstić information content (AvgIpc) is 2.03. The highest BCUT2D eigenvalue weighted by atomic mass is 14.9. The van der Waals surface area contributed by atoms with E-state index in [2.05, 4.69) is 16.9 Å². The summed E-state index contributed by atoms with van der Waals surface area (Å²) in [5, 5.41) is 2.99. The third-order valence-corrected chi connectivity index (χ3v) is 1.24. The van der Waals surface area contributed by atoms with Gasteiger partial charge in [0.1, 0.15) is 0 Å². The first-order valence-electron chi connectivity index (χ1n) is 3.90. The molecule has 0 aromatic heterocycles. The van der Waals surface area contributed by atoms with Gasteiger partial charge < -0.3 is 5.32 Å². The quantitative estimate of drug-likeness (QED) is 0.385. The van der Waals surface area contributed by atoms with E-state index in [0.717, 1.165) is 11.3 Å². The molecule has 0 atom stereocenters. The summed E-state index contributed by atoms with van der Waals surface area (Å²) in [6.45, 7) is 9.59. The highest BCUT2D eigenvalue weighted by Gasteiger charge is 1.76. The second-order valence-corrected chi connectivity index (χ2v) is 2.56. The highest BCUT2D eigenvalue weighted by Crippen LogP contribution is 1.88. The van der Waals surface area contributed by atoms with Crippen LogP contribution in [0, 0.1) is 0 Å². The lowest BCUT2D eigenvalue weighted by Crippen LogP contribution is -2.06. The highest BCUT2D eigenvalue weighted by molar-refractivity contribution is 5.57. The minimum atomic E-state index is 0.995. The Morgan fingerprint density at radius 2 is 2.08 bits per heavy atom. The minimum absolute atomic E-state index is 0.995. The van der Waals surface area contributed by atoms with Gasteiger partial charge in [0.25, 0.3) is 0 Å². The molecule has 2 nitrogen and oxygen atoms in total. The summed E-state index contributed by atoms with van der Waals surface area (Å²) in [5.74, 6) is 0. The summed E-state index contributed by atoms with van der Waals surface area (Å²) in [7, 11) is 0. The Labute approximate surface area is 74.4 Å². The van der Waals surface area contributed by atoms with E-state index in [1.807, 2.05) is 32.9 Å². The van der Waals surface area contributed by atoms with Crippen LogP contribution in [0.4, 0.5) is 0 Å². The zero-order chi connectivity index (χ0) is 9.40. The molecule has 0 rings (SSSR count). The molecule has 12 heavy (non-hydrogen) atoms. The van der Waals surface area contributed by atoms with Crippen LogP contribution in [-0.2, 0) is 0 Å². The summed E-state index contributed by atoms with van der Waals surface area (Å²) >= 11 is 0. The number of rotatable bonds is 4. The van der Waals surface area contributed by atoms with E-state index in [9.17, 15) is 0 Å². The van der Waals surface area contributed by atoms with Crippen molar-refractivity contribution in [1.29, 1.82) is 0 Å². The van der Waals surface area contributed by atoms with Crippen LogP contribution in [0.3, 0.4) is 0 Å². The smallest absolute Gasteiger partial charge is 0.0920 e. The Morgan fingerprint density at radius 1 is 1.42 bits per heavy atom. The molecule has 0 aromatic rings. The molecule has 66 valence electrons. The number of aliphatic imine (C=N–C) groups is 1. The number of nitrogens with zero attached hydrogens (tertiary/aromatic N) is 1. The number of hydrogen-bond acceptors (Lipinski definition) is 1. The molecule has 0 aliphatic heterocycles. The van der Waals surface area contributed by atoms with Crippen molar-refractivity contribution in [1.82, 2.24) is 5.32 Å². The molecule has 0 aliphatic carbocycles. The maximum atomic E-state index is 3.98. The van der Waals surface area contributed by atoms with Crippen molar-refractivity contribution in [3.8, 4) is 0 Å². The van der Waals surface area contributed by atoms with Crippen molar-refractivity contribution in [3.05, 3.63) is 36.2 Å². The van der Waals surface area contributed by atoms with E-state index < -0.39 is 0 Å². The molecule has 0 aliphatic rings. The Hall–Kier alpha value is -1.31. The van der Waals surface area contributed by atoms with Gasteiger partial charge in [0.15, 0.2) is 0 Å². The first-order chi connectivity index (χ1) is 5.66. The second-order valence-electron chi connectivity index (χ2n) is 2.56. The topological polar surface area (TPSA) is 24.4 Å². The number of nitrogens with one attached hydrogen (secondary N) is 1. The molecule has 0 saturated carbocycles. The van der Waals surface area contributed by atoms with E-state index >= 15 is 0 Å². The normalized spacial score (nSPS) is 12.8. The summed E-state index contributed by atoms with van der Waals surface area (Å²) in [5.41, 5.74) is 2.08. The fourth-order valence-corrected chi connectivity index (χ4v) is 0.436. The first-order valence-corrected chi connectivity index (χ1v) is 3.90. The molecule has 0 unspecified atom stereocenters. The van der Waals surface area contributed by atoms with Gasteiger partial charge in [0.05, 0.1) is 6.34 Å². The molecule has 1 N–H and O–H groups in total. The average molecular weight is 164 g/mol. The fourth-order valence-electron chi connectivity index (χ4n) is 0.436. The van der Waals surface area contributed by atoms with E-state index in [1.165, 1.54) is 0 Å². The van der Waals surface area contributed by atoms with Crippen molar-refractivity contribution >= 4 is 6.34 Å². The summed E-state index contributed by atoms with van der Waals surface area (Å²) in [4.78, 5) is 3.98. The summed E-state index contributed by atoms with van der Waals surface area (Å²) in [6.07, 6.45) is 7.19. The van der Waals surface area contributed by atoms with Gasteiger partial charge in [-0.3, -0.25) is 0 Å². The van der Waals surface area contributed by atoms with Gasteiger partial charge in [0, 0.05) is 11.9 Å². The number of hydrogen-bond donors (Lipinski definition) is 1. The van der Waals surface area contributed by atoms with Gasteiger partial charge in [-0.15, -0.1) is 0 Å². The molecular formula is C10H16N2. The summed E-state index contributed by atoms with van der Waals surface area (Å²) in [6, 6.07) is 0. The Balaban J connectivity index is 3.71. The lowest BCUT2D eigenvalue weighted by molar-refractivity contribution is 1.13. The van der Waals surface area contributed by atoms with Crippen LogP contribution in [0.2, 0.25) is 0 Å². The third-order valence-electron chi connectivity index (χ3n) is 1.24. The lowest BCUT2D eigenvalue weighted by Gasteiger charge is -1.94. The zero-order valence-electron chi connectivity index (χ0n) is 7.96. The van der Waals surface area contributed by atoms with Crippen molar-refractivity contribution < 1.29 is 0 Å². The lowest BCUT2D eigenvalue weighted by atomic mass is 10.3. The Kier molecular flexibility index (Phi) is 5.70. The van der Waals surface area contributed by atoms with Crippen LogP contribution in [0.15, 0.2) is 41.2 Å². The summed E-state index contributed by atoms with van der Waals surface area (Å²) < 4.78 is 0.